The average Bonchev–Trinajstić information content (AvgIpc) is 3.17. The molecule has 0 aliphatic heterocycles. The third-order valence-electron chi connectivity index (χ3n) is 4.17. The topological polar surface area (TPSA) is 64.4 Å². The van der Waals surface area contributed by atoms with E-state index in [4.69, 9.17) is 20.8 Å². The van der Waals surface area contributed by atoms with Crippen LogP contribution in [0.25, 0.3) is 11.1 Å². The number of halogens is 4. The van der Waals surface area contributed by atoms with E-state index in [2.05, 4.69) is 10.3 Å². The highest BCUT2D eigenvalue weighted by Crippen LogP contribution is 2.31. The first-order valence-electron chi connectivity index (χ1n) is 8.59. The third kappa shape index (κ3) is 4.23. The van der Waals surface area contributed by atoms with Crippen molar-refractivity contribution in [3.05, 3.63) is 83.2 Å². The fourth-order valence-electron chi connectivity index (χ4n) is 2.76. The van der Waals surface area contributed by atoms with Crippen LogP contribution >= 0.6 is 11.6 Å². The van der Waals surface area contributed by atoms with E-state index in [0.717, 1.165) is 12.1 Å². The van der Waals surface area contributed by atoms with E-state index in [-0.39, 0.29) is 11.3 Å². The fraction of sp³-hybridized carbons (Fsp3) is 0.0476. The predicted molar refractivity (Wildman–Crippen MR) is 105 cm³/mol. The van der Waals surface area contributed by atoms with Crippen molar-refractivity contribution in [2.24, 2.45) is 0 Å². The number of ether oxygens (including phenoxy) is 1. The lowest BCUT2D eigenvalue weighted by atomic mass is 10.1. The maximum Gasteiger partial charge on any atom is 0.416 e. The Labute approximate surface area is 173 Å². The van der Waals surface area contributed by atoms with Gasteiger partial charge in [-0.2, -0.15) is 13.2 Å². The molecule has 0 atom stereocenters. The molecule has 1 N–H and O–H groups in total. The number of hydrogen-bond donors (Lipinski definition) is 1. The van der Waals surface area contributed by atoms with E-state index in [1.807, 2.05) is 0 Å². The molecule has 0 bridgehead atoms. The van der Waals surface area contributed by atoms with E-state index >= 15 is 0 Å². The lowest BCUT2D eigenvalue weighted by molar-refractivity contribution is -0.137. The minimum Gasteiger partial charge on any atom is -0.457 e. The van der Waals surface area contributed by atoms with Crippen LogP contribution in [0.15, 0.2) is 71.5 Å². The fourth-order valence-corrected chi connectivity index (χ4v) is 2.97. The summed E-state index contributed by atoms with van der Waals surface area (Å²) in [6.45, 7) is 0. The first-order valence-corrected chi connectivity index (χ1v) is 8.97. The number of fused-ring (bicyclic) bond motifs is 1. The van der Waals surface area contributed by atoms with Gasteiger partial charge in [-0.3, -0.25) is 4.79 Å². The summed E-state index contributed by atoms with van der Waals surface area (Å²) in [6, 6.07) is 13.8. The van der Waals surface area contributed by atoms with Gasteiger partial charge in [0.05, 0.1) is 11.1 Å². The summed E-state index contributed by atoms with van der Waals surface area (Å²) in [7, 11) is 0. The summed E-state index contributed by atoms with van der Waals surface area (Å²) >= 11 is 6.02. The van der Waals surface area contributed by atoms with Crippen molar-refractivity contribution in [3.8, 4) is 11.5 Å². The second-order valence-corrected chi connectivity index (χ2v) is 6.69. The van der Waals surface area contributed by atoms with Gasteiger partial charge >= 0.3 is 6.18 Å². The van der Waals surface area contributed by atoms with Gasteiger partial charge in [-0.05, 0) is 60.7 Å². The van der Waals surface area contributed by atoms with Gasteiger partial charge in [0, 0.05) is 10.7 Å². The number of oxazole rings is 1. The first-order chi connectivity index (χ1) is 14.3. The van der Waals surface area contributed by atoms with Gasteiger partial charge in [-0.25, -0.2) is 4.98 Å². The van der Waals surface area contributed by atoms with Crippen molar-refractivity contribution in [1.29, 1.82) is 0 Å². The number of aromatic nitrogens is 1. The Hall–Kier alpha value is -3.52. The Morgan fingerprint density at radius 1 is 1.00 bits per heavy atom. The Morgan fingerprint density at radius 3 is 2.27 bits per heavy atom. The second kappa shape index (κ2) is 7.72. The van der Waals surface area contributed by atoms with Gasteiger partial charge < -0.3 is 14.5 Å². The SMILES string of the molecule is O=C(Nc1ccc(Oc2ccc(C(F)(F)F)cc2)cc1)c1cc(Cl)cc2ncoc12. The highest BCUT2D eigenvalue weighted by atomic mass is 35.5. The minimum atomic E-state index is -4.40. The molecule has 152 valence electrons. The molecule has 4 aromatic rings. The zero-order chi connectivity index (χ0) is 21.3. The average molecular weight is 433 g/mol. The van der Waals surface area contributed by atoms with Crippen LogP contribution in [0, 0.1) is 0 Å². The molecular formula is C21H12ClF3N2O3. The molecule has 0 fully saturated rings. The number of anilines is 1. The van der Waals surface area contributed by atoms with Gasteiger partial charge in [0.15, 0.2) is 12.0 Å². The van der Waals surface area contributed by atoms with Gasteiger partial charge in [-0.15, -0.1) is 0 Å². The largest absolute Gasteiger partial charge is 0.457 e. The molecule has 0 saturated heterocycles. The molecule has 30 heavy (non-hydrogen) atoms. The highest BCUT2D eigenvalue weighted by molar-refractivity contribution is 6.32. The molecule has 0 radical (unpaired) electrons. The van der Waals surface area contributed by atoms with Crippen LogP contribution < -0.4 is 10.1 Å². The quantitative estimate of drug-likeness (QED) is 0.397. The zero-order valence-electron chi connectivity index (χ0n) is 15.0. The lowest BCUT2D eigenvalue weighted by Gasteiger charge is -2.10. The third-order valence-corrected chi connectivity index (χ3v) is 4.39. The summed E-state index contributed by atoms with van der Waals surface area (Å²) in [4.78, 5) is 16.6. The van der Waals surface area contributed by atoms with E-state index in [0.29, 0.717) is 27.6 Å². The number of nitrogens with one attached hydrogen (secondary N) is 1. The normalized spacial score (nSPS) is 11.5. The number of nitrogens with zero attached hydrogens (tertiary/aromatic N) is 1. The number of carbonyl (C=O) groups excluding carboxylic acids is 1. The van der Waals surface area contributed by atoms with Gasteiger partial charge in [0.2, 0.25) is 0 Å². The number of amides is 1. The van der Waals surface area contributed by atoms with Gasteiger partial charge in [-0.1, -0.05) is 11.6 Å². The molecule has 1 heterocycles. The van der Waals surface area contributed by atoms with Crippen LogP contribution in [0.1, 0.15) is 15.9 Å². The predicted octanol–water partition coefficient (Wildman–Crippen LogP) is 6.54. The molecule has 9 heteroatoms. The molecule has 1 aromatic heterocycles. The molecule has 1 amide bonds. The van der Waals surface area contributed by atoms with E-state index in [1.54, 1.807) is 30.3 Å². The van der Waals surface area contributed by atoms with Crippen molar-refractivity contribution in [1.82, 2.24) is 4.98 Å². The van der Waals surface area contributed by atoms with E-state index in [1.165, 1.54) is 24.6 Å². The van der Waals surface area contributed by atoms with E-state index in [9.17, 15) is 18.0 Å². The number of rotatable bonds is 4. The van der Waals surface area contributed by atoms with Crippen LogP contribution in [0.4, 0.5) is 18.9 Å². The Morgan fingerprint density at radius 2 is 1.63 bits per heavy atom. The second-order valence-electron chi connectivity index (χ2n) is 6.26. The molecule has 3 aromatic carbocycles. The van der Waals surface area contributed by atoms with Gasteiger partial charge in [0.1, 0.15) is 17.0 Å². The van der Waals surface area contributed by atoms with Crippen molar-refractivity contribution < 1.29 is 27.1 Å². The molecule has 0 aliphatic rings. The summed E-state index contributed by atoms with van der Waals surface area (Å²) in [6.07, 6.45) is -3.18. The summed E-state index contributed by atoms with van der Waals surface area (Å²) in [5, 5.41) is 3.07. The number of carbonyl (C=O) groups is 1. The number of alkyl halides is 3. The highest BCUT2D eigenvalue weighted by Gasteiger charge is 2.30. The zero-order valence-corrected chi connectivity index (χ0v) is 15.8. The van der Waals surface area contributed by atoms with Crippen LogP contribution in [0.3, 0.4) is 0 Å². The van der Waals surface area contributed by atoms with Crippen molar-refractivity contribution in [2.75, 3.05) is 5.32 Å². The minimum absolute atomic E-state index is 0.236. The van der Waals surface area contributed by atoms with Crippen molar-refractivity contribution >= 4 is 34.3 Å². The van der Waals surface area contributed by atoms with Crippen molar-refractivity contribution in [3.63, 3.8) is 0 Å². The van der Waals surface area contributed by atoms with Crippen LogP contribution in [-0.2, 0) is 6.18 Å². The van der Waals surface area contributed by atoms with Crippen molar-refractivity contribution in [2.45, 2.75) is 6.18 Å². The number of benzene rings is 3. The Bertz CT molecular complexity index is 1200. The lowest BCUT2D eigenvalue weighted by Crippen LogP contribution is -2.12. The van der Waals surface area contributed by atoms with E-state index < -0.39 is 17.6 Å². The summed E-state index contributed by atoms with van der Waals surface area (Å²) < 4.78 is 48.6. The standard InChI is InChI=1S/C21H12ClF3N2O3/c22-13-9-17(19-18(10-13)26-11-29-19)20(28)27-14-3-7-16(8-4-14)30-15-5-1-12(2-6-15)21(23,24)25/h1-11H,(H,27,28). The molecule has 4 rings (SSSR count). The molecule has 0 unspecified atom stereocenters. The Kier molecular flexibility index (Phi) is 5.09. The number of hydrogen-bond acceptors (Lipinski definition) is 4. The molecule has 0 saturated carbocycles. The maximum absolute atomic E-state index is 12.6. The molecule has 0 spiro atoms. The molecule has 0 aliphatic carbocycles. The smallest absolute Gasteiger partial charge is 0.416 e. The summed E-state index contributed by atoms with van der Waals surface area (Å²) in [5.74, 6) is 0.218. The Balaban J connectivity index is 1.46. The van der Waals surface area contributed by atoms with Crippen LogP contribution in [-0.4, -0.2) is 10.9 Å². The van der Waals surface area contributed by atoms with Gasteiger partial charge in [0.25, 0.3) is 5.91 Å². The molecular weight excluding hydrogens is 421 g/mol. The molecule has 5 nitrogen and oxygen atoms in total. The summed E-state index contributed by atoms with van der Waals surface area (Å²) in [5.41, 5.74) is 0.745. The van der Waals surface area contributed by atoms with Crippen LogP contribution in [0.5, 0.6) is 11.5 Å². The van der Waals surface area contributed by atoms with Crippen LogP contribution in [0.2, 0.25) is 5.02 Å². The first kappa shape index (κ1) is 19.8. The monoisotopic (exact) mass is 432 g/mol. The maximum atomic E-state index is 12.6.